The monoisotopic (exact) mass is 341 g/mol. The zero-order valence-corrected chi connectivity index (χ0v) is 14.0. The zero-order valence-electron chi connectivity index (χ0n) is 13.2. The van der Waals surface area contributed by atoms with Crippen molar-refractivity contribution in [3.8, 4) is 17.6 Å². The van der Waals surface area contributed by atoms with Crippen molar-refractivity contribution in [3.05, 3.63) is 52.8 Å². The SMILES string of the molecule is CSc1ccc(Oc2cc(F)cc(C#N)c2)c2c1C(O)C1(CC1)C2. The van der Waals surface area contributed by atoms with Crippen molar-refractivity contribution in [1.29, 1.82) is 5.26 Å². The summed E-state index contributed by atoms with van der Waals surface area (Å²) < 4.78 is 19.5. The highest BCUT2D eigenvalue weighted by Gasteiger charge is 2.55. The summed E-state index contributed by atoms with van der Waals surface area (Å²) in [7, 11) is 0. The van der Waals surface area contributed by atoms with Gasteiger partial charge in [0.1, 0.15) is 17.3 Å². The van der Waals surface area contributed by atoms with Crippen molar-refractivity contribution in [2.45, 2.75) is 30.3 Å². The summed E-state index contributed by atoms with van der Waals surface area (Å²) in [4.78, 5) is 1.06. The summed E-state index contributed by atoms with van der Waals surface area (Å²) in [6, 6.07) is 9.71. The third-order valence-electron chi connectivity index (χ3n) is 5.00. The Balaban J connectivity index is 1.76. The van der Waals surface area contributed by atoms with Gasteiger partial charge >= 0.3 is 0 Å². The minimum absolute atomic E-state index is 0.0357. The Bertz CT molecular complexity index is 870. The van der Waals surface area contributed by atoms with Gasteiger partial charge in [0, 0.05) is 27.5 Å². The second kappa shape index (κ2) is 5.51. The van der Waals surface area contributed by atoms with Crippen LogP contribution in [0.15, 0.2) is 35.2 Å². The van der Waals surface area contributed by atoms with Crippen molar-refractivity contribution in [1.82, 2.24) is 0 Å². The molecule has 3 nitrogen and oxygen atoms in total. The fourth-order valence-electron chi connectivity index (χ4n) is 3.56. The van der Waals surface area contributed by atoms with Gasteiger partial charge in [-0.1, -0.05) is 0 Å². The van der Waals surface area contributed by atoms with Gasteiger partial charge in [0.05, 0.1) is 17.7 Å². The van der Waals surface area contributed by atoms with Crippen LogP contribution in [0.3, 0.4) is 0 Å². The number of fused-ring (bicyclic) bond motifs is 1. The number of rotatable bonds is 3. The van der Waals surface area contributed by atoms with Crippen LogP contribution >= 0.6 is 11.8 Å². The van der Waals surface area contributed by atoms with Gasteiger partial charge in [0.15, 0.2) is 0 Å². The number of halogens is 1. The van der Waals surface area contributed by atoms with Gasteiger partial charge in [-0.25, -0.2) is 4.39 Å². The van der Waals surface area contributed by atoms with Gasteiger partial charge in [-0.3, -0.25) is 0 Å². The number of ether oxygens (including phenoxy) is 1. The number of aliphatic hydroxyl groups is 1. The first-order valence-corrected chi connectivity index (χ1v) is 9.05. The maximum atomic E-state index is 13.6. The van der Waals surface area contributed by atoms with E-state index in [9.17, 15) is 9.50 Å². The van der Waals surface area contributed by atoms with E-state index in [4.69, 9.17) is 10.00 Å². The van der Waals surface area contributed by atoms with E-state index in [-0.39, 0.29) is 11.0 Å². The van der Waals surface area contributed by atoms with Crippen LogP contribution in [0.25, 0.3) is 0 Å². The molecule has 0 aliphatic heterocycles. The third kappa shape index (κ3) is 2.38. The highest BCUT2D eigenvalue weighted by Crippen LogP contribution is 2.64. The Hall–Kier alpha value is -2.03. The van der Waals surface area contributed by atoms with Gasteiger partial charge in [0.2, 0.25) is 0 Å². The molecule has 1 atom stereocenters. The van der Waals surface area contributed by atoms with Crippen LogP contribution in [0.2, 0.25) is 0 Å². The van der Waals surface area contributed by atoms with E-state index in [1.54, 1.807) is 11.8 Å². The zero-order chi connectivity index (χ0) is 16.9. The van der Waals surface area contributed by atoms with Crippen LogP contribution in [0, 0.1) is 22.6 Å². The van der Waals surface area contributed by atoms with Gasteiger partial charge in [-0.15, -0.1) is 11.8 Å². The number of nitriles is 1. The maximum absolute atomic E-state index is 13.6. The molecule has 2 aliphatic rings. The van der Waals surface area contributed by atoms with Crippen molar-refractivity contribution in [2.75, 3.05) is 6.26 Å². The number of hydrogen-bond donors (Lipinski definition) is 1. The fourth-order valence-corrected chi connectivity index (χ4v) is 4.22. The molecule has 122 valence electrons. The van der Waals surface area contributed by atoms with Gasteiger partial charge in [-0.2, -0.15) is 5.26 Å². The molecule has 1 unspecified atom stereocenters. The predicted octanol–water partition coefficient (Wildman–Crippen LogP) is 4.58. The van der Waals surface area contributed by atoms with Gasteiger partial charge in [0.25, 0.3) is 0 Å². The molecule has 0 bridgehead atoms. The molecule has 0 amide bonds. The highest BCUT2D eigenvalue weighted by atomic mass is 32.2. The lowest BCUT2D eigenvalue weighted by atomic mass is 10.0. The molecule has 1 saturated carbocycles. The first-order valence-electron chi connectivity index (χ1n) is 7.83. The fraction of sp³-hybridized carbons (Fsp3) is 0.316. The lowest BCUT2D eigenvalue weighted by molar-refractivity contribution is 0.107. The molecule has 1 spiro atoms. The molecule has 0 aromatic heterocycles. The summed E-state index contributed by atoms with van der Waals surface area (Å²) in [6.45, 7) is 0. The molecule has 4 rings (SSSR count). The van der Waals surface area contributed by atoms with Crippen LogP contribution < -0.4 is 4.74 Å². The van der Waals surface area contributed by atoms with Crippen molar-refractivity contribution in [3.63, 3.8) is 0 Å². The van der Waals surface area contributed by atoms with Crippen molar-refractivity contribution < 1.29 is 14.2 Å². The van der Waals surface area contributed by atoms with Crippen LogP contribution in [0.5, 0.6) is 11.5 Å². The lowest BCUT2D eigenvalue weighted by Crippen LogP contribution is -2.07. The first kappa shape index (κ1) is 15.5. The van der Waals surface area contributed by atoms with E-state index in [0.717, 1.165) is 35.3 Å². The maximum Gasteiger partial charge on any atom is 0.131 e. The number of aliphatic hydroxyl groups excluding tert-OH is 1. The smallest absolute Gasteiger partial charge is 0.131 e. The Morgan fingerprint density at radius 3 is 2.79 bits per heavy atom. The average molecular weight is 341 g/mol. The van der Waals surface area contributed by atoms with Crippen LogP contribution in [0.1, 0.15) is 35.6 Å². The minimum Gasteiger partial charge on any atom is -0.457 e. The standard InChI is InChI=1S/C19H16FNO2S/c1-24-16-3-2-15(14-9-19(4-5-19)18(22)17(14)16)23-13-7-11(10-21)6-12(20)8-13/h2-3,6-8,18,22H,4-5,9H2,1H3. The van der Waals surface area contributed by atoms with Gasteiger partial charge < -0.3 is 9.84 Å². The quantitative estimate of drug-likeness (QED) is 0.830. The third-order valence-corrected chi connectivity index (χ3v) is 5.79. The van der Waals surface area contributed by atoms with E-state index in [1.807, 2.05) is 24.5 Å². The molecular formula is C19H16FNO2S. The number of benzene rings is 2. The molecule has 0 saturated heterocycles. The summed E-state index contributed by atoms with van der Waals surface area (Å²) >= 11 is 1.61. The second-order valence-electron chi connectivity index (χ2n) is 6.49. The molecule has 2 aromatic carbocycles. The Kier molecular flexibility index (Phi) is 3.56. The molecule has 24 heavy (non-hydrogen) atoms. The molecule has 0 radical (unpaired) electrons. The van der Waals surface area contributed by atoms with Crippen LogP contribution in [-0.4, -0.2) is 11.4 Å². The Morgan fingerprint density at radius 2 is 2.12 bits per heavy atom. The molecule has 1 fully saturated rings. The Morgan fingerprint density at radius 1 is 1.33 bits per heavy atom. The second-order valence-corrected chi connectivity index (χ2v) is 7.34. The minimum atomic E-state index is -0.500. The van der Waals surface area contributed by atoms with E-state index in [2.05, 4.69) is 0 Å². The average Bonchev–Trinajstić information content (AvgIpc) is 3.29. The molecular weight excluding hydrogens is 325 g/mol. The van der Waals surface area contributed by atoms with Crippen molar-refractivity contribution >= 4 is 11.8 Å². The van der Waals surface area contributed by atoms with E-state index in [0.29, 0.717) is 11.5 Å². The molecule has 2 aromatic rings. The van der Waals surface area contributed by atoms with E-state index < -0.39 is 11.9 Å². The number of thioether (sulfide) groups is 1. The molecule has 5 heteroatoms. The van der Waals surface area contributed by atoms with Gasteiger partial charge in [-0.05, 0) is 49.8 Å². The normalized spacial score (nSPS) is 19.8. The summed E-state index contributed by atoms with van der Waals surface area (Å²) in [6.07, 6.45) is 4.37. The predicted molar refractivity (Wildman–Crippen MR) is 89.7 cm³/mol. The molecule has 2 aliphatic carbocycles. The van der Waals surface area contributed by atoms with Crippen LogP contribution in [-0.2, 0) is 6.42 Å². The highest BCUT2D eigenvalue weighted by molar-refractivity contribution is 7.98. The van der Waals surface area contributed by atoms with Crippen molar-refractivity contribution in [2.24, 2.45) is 5.41 Å². The topological polar surface area (TPSA) is 53.2 Å². The largest absolute Gasteiger partial charge is 0.457 e. The number of nitrogens with zero attached hydrogens (tertiary/aromatic N) is 1. The first-order chi connectivity index (χ1) is 11.6. The van der Waals surface area contributed by atoms with Crippen LogP contribution in [0.4, 0.5) is 4.39 Å². The van der Waals surface area contributed by atoms with E-state index >= 15 is 0 Å². The number of hydrogen-bond acceptors (Lipinski definition) is 4. The Labute approximate surface area is 144 Å². The summed E-state index contributed by atoms with van der Waals surface area (Å²) in [5, 5.41) is 19.7. The van der Waals surface area contributed by atoms with E-state index in [1.165, 1.54) is 18.2 Å². The molecule has 0 heterocycles. The summed E-state index contributed by atoms with van der Waals surface area (Å²) in [5.74, 6) is 0.442. The summed E-state index contributed by atoms with van der Waals surface area (Å²) in [5.41, 5.74) is 2.15. The lowest BCUT2D eigenvalue weighted by Gasteiger charge is -2.15. The molecule has 1 N–H and O–H groups in total.